The van der Waals surface area contributed by atoms with Crippen LogP contribution in [0.5, 0.6) is 5.75 Å². The number of para-hydroxylation sites is 1. The SMILES string of the molecule is O=C(NCC1(C(=O)O)CCCC1)C1Cc2ccccc2O1. The van der Waals surface area contributed by atoms with Crippen molar-refractivity contribution < 1.29 is 19.4 Å². The number of fused-ring (bicyclic) bond motifs is 1. The first-order chi connectivity index (χ1) is 10.1. The van der Waals surface area contributed by atoms with Crippen LogP contribution >= 0.6 is 0 Å². The summed E-state index contributed by atoms with van der Waals surface area (Å²) in [5, 5.41) is 12.2. The quantitative estimate of drug-likeness (QED) is 0.885. The molecule has 1 aromatic carbocycles. The zero-order chi connectivity index (χ0) is 14.9. The molecule has 1 atom stereocenters. The first-order valence-corrected chi connectivity index (χ1v) is 7.36. The lowest BCUT2D eigenvalue weighted by Crippen LogP contribution is -2.45. The summed E-state index contributed by atoms with van der Waals surface area (Å²) < 4.78 is 5.62. The predicted octanol–water partition coefficient (Wildman–Crippen LogP) is 1.75. The summed E-state index contributed by atoms with van der Waals surface area (Å²) in [5.41, 5.74) is 0.229. The maximum Gasteiger partial charge on any atom is 0.311 e. The summed E-state index contributed by atoms with van der Waals surface area (Å²) in [4.78, 5) is 23.7. The van der Waals surface area contributed by atoms with Gasteiger partial charge in [0.15, 0.2) is 6.10 Å². The second kappa shape index (κ2) is 5.39. The first-order valence-electron chi connectivity index (χ1n) is 7.36. The number of carboxylic acid groups (broad SMARTS) is 1. The van der Waals surface area contributed by atoms with E-state index in [0.717, 1.165) is 24.2 Å². The number of nitrogens with one attached hydrogen (secondary N) is 1. The second-order valence-electron chi connectivity index (χ2n) is 5.93. The van der Waals surface area contributed by atoms with E-state index in [0.29, 0.717) is 19.3 Å². The topological polar surface area (TPSA) is 75.6 Å². The highest BCUT2D eigenvalue weighted by Crippen LogP contribution is 2.38. The van der Waals surface area contributed by atoms with Gasteiger partial charge in [0.1, 0.15) is 5.75 Å². The van der Waals surface area contributed by atoms with Crippen molar-refractivity contribution in [1.82, 2.24) is 5.32 Å². The molecular formula is C16H19NO4. The van der Waals surface area contributed by atoms with E-state index in [4.69, 9.17) is 4.74 Å². The van der Waals surface area contributed by atoms with E-state index in [1.165, 1.54) is 0 Å². The van der Waals surface area contributed by atoms with E-state index in [1.54, 1.807) is 0 Å². The molecule has 0 saturated heterocycles. The summed E-state index contributed by atoms with van der Waals surface area (Å²) in [7, 11) is 0. The van der Waals surface area contributed by atoms with Crippen LogP contribution in [0.25, 0.3) is 0 Å². The van der Waals surface area contributed by atoms with Crippen LogP contribution in [0.1, 0.15) is 31.2 Å². The minimum absolute atomic E-state index is 0.192. The van der Waals surface area contributed by atoms with Gasteiger partial charge >= 0.3 is 5.97 Å². The summed E-state index contributed by atoms with van der Waals surface area (Å²) in [5.74, 6) is -0.291. The van der Waals surface area contributed by atoms with Crippen LogP contribution in [0.3, 0.4) is 0 Å². The van der Waals surface area contributed by atoms with E-state index in [1.807, 2.05) is 24.3 Å². The summed E-state index contributed by atoms with van der Waals surface area (Å²) >= 11 is 0. The van der Waals surface area contributed by atoms with Gasteiger partial charge in [-0.3, -0.25) is 9.59 Å². The van der Waals surface area contributed by atoms with Gasteiger partial charge in [0.25, 0.3) is 5.91 Å². The van der Waals surface area contributed by atoms with Crippen molar-refractivity contribution in [2.24, 2.45) is 5.41 Å². The van der Waals surface area contributed by atoms with Gasteiger partial charge in [0, 0.05) is 13.0 Å². The van der Waals surface area contributed by atoms with Crippen LogP contribution in [-0.2, 0) is 16.0 Å². The Kier molecular flexibility index (Phi) is 3.57. The number of aliphatic carboxylic acids is 1. The van der Waals surface area contributed by atoms with Crippen molar-refractivity contribution in [3.05, 3.63) is 29.8 Å². The molecule has 3 rings (SSSR count). The van der Waals surface area contributed by atoms with Crippen LogP contribution in [0.2, 0.25) is 0 Å². The van der Waals surface area contributed by atoms with Crippen molar-refractivity contribution >= 4 is 11.9 Å². The standard InChI is InChI=1S/C16H19NO4/c18-14(13-9-11-5-1-2-6-12(11)21-13)17-10-16(15(19)20)7-3-4-8-16/h1-2,5-6,13H,3-4,7-10H2,(H,17,18)(H,19,20). The number of hydrogen-bond acceptors (Lipinski definition) is 3. The maximum absolute atomic E-state index is 12.2. The lowest BCUT2D eigenvalue weighted by atomic mass is 9.86. The van der Waals surface area contributed by atoms with E-state index in [2.05, 4.69) is 5.32 Å². The third kappa shape index (κ3) is 2.60. The molecule has 0 radical (unpaired) electrons. The van der Waals surface area contributed by atoms with Crippen molar-refractivity contribution in [2.45, 2.75) is 38.2 Å². The number of carboxylic acids is 1. The molecule has 1 saturated carbocycles. The molecule has 0 bridgehead atoms. The Morgan fingerprint density at radius 3 is 2.67 bits per heavy atom. The largest absolute Gasteiger partial charge is 0.481 e. The van der Waals surface area contributed by atoms with Crippen LogP contribution in [0.15, 0.2) is 24.3 Å². The Morgan fingerprint density at radius 1 is 1.29 bits per heavy atom. The molecule has 1 unspecified atom stereocenters. The third-order valence-corrected chi connectivity index (χ3v) is 4.55. The molecule has 0 spiro atoms. The maximum atomic E-state index is 12.2. The van der Waals surface area contributed by atoms with Gasteiger partial charge in [-0.15, -0.1) is 0 Å². The molecule has 0 aromatic heterocycles. The van der Waals surface area contributed by atoms with Gasteiger partial charge in [0.2, 0.25) is 0 Å². The fraction of sp³-hybridized carbons (Fsp3) is 0.500. The smallest absolute Gasteiger partial charge is 0.311 e. The van der Waals surface area contributed by atoms with Crippen molar-refractivity contribution in [3.63, 3.8) is 0 Å². The Labute approximate surface area is 123 Å². The molecule has 1 heterocycles. The summed E-state index contributed by atoms with van der Waals surface area (Å²) in [6.07, 6.45) is 3.08. The van der Waals surface area contributed by atoms with Crippen molar-refractivity contribution in [3.8, 4) is 5.75 Å². The van der Waals surface area contributed by atoms with E-state index < -0.39 is 17.5 Å². The van der Waals surface area contributed by atoms with E-state index in [-0.39, 0.29) is 12.5 Å². The molecule has 21 heavy (non-hydrogen) atoms. The van der Waals surface area contributed by atoms with Gasteiger partial charge in [-0.05, 0) is 24.5 Å². The van der Waals surface area contributed by atoms with Crippen LogP contribution in [0, 0.1) is 5.41 Å². The molecule has 5 heteroatoms. The molecule has 112 valence electrons. The molecule has 5 nitrogen and oxygen atoms in total. The number of hydrogen-bond donors (Lipinski definition) is 2. The molecular weight excluding hydrogens is 270 g/mol. The number of carbonyl (C=O) groups excluding carboxylic acids is 1. The van der Waals surface area contributed by atoms with Gasteiger partial charge in [-0.1, -0.05) is 31.0 Å². The lowest BCUT2D eigenvalue weighted by Gasteiger charge is -2.24. The first kappa shape index (κ1) is 13.9. The molecule has 1 amide bonds. The Bertz CT molecular complexity index is 538. The monoisotopic (exact) mass is 289 g/mol. The second-order valence-corrected chi connectivity index (χ2v) is 5.93. The van der Waals surface area contributed by atoms with Gasteiger partial charge < -0.3 is 15.2 Å². The highest BCUT2D eigenvalue weighted by molar-refractivity contribution is 5.83. The normalized spacial score (nSPS) is 22.4. The minimum atomic E-state index is -0.809. The van der Waals surface area contributed by atoms with Crippen molar-refractivity contribution in [2.75, 3.05) is 6.54 Å². The Morgan fingerprint density at radius 2 is 2.00 bits per heavy atom. The molecule has 1 aliphatic heterocycles. The van der Waals surface area contributed by atoms with Gasteiger partial charge in [-0.25, -0.2) is 0 Å². The zero-order valence-electron chi connectivity index (χ0n) is 11.8. The lowest BCUT2D eigenvalue weighted by molar-refractivity contribution is -0.148. The number of amides is 1. The average Bonchev–Trinajstić information content (AvgIpc) is 3.12. The molecule has 1 fully saturated rings. The highest BCUT2D eigenvalue weighted by Gasteiger charge is 2.42. The average molecular weight is 289 g/mol. The Balaban J connectivity index is 1.59. The van der Waals surface area contributed by atoms with Gasteiger partial charge in [0.05, 0.1) is 5.41 Å². The van der Waals surface area contributed by atoms with Crippen LogP contribution < -0.4 is 10.1 Å². The molecule has 1 aliphatic carbocycles. The zero-order valence-corrected chi connectivity index (χ0v) is 11.8. The predicted molar refractivity (Wildman–Crippen MR) is 76.1 cm³/mol. The number of benzene rings is 1. The fourth-order valence-electron chi connectivity index (χ4n) is 3.22. The molecule has 2 aliphatic rings. The number of carbonyl (C=O) groups is 2. The van der Waals surface area contributed by atoms with Crippen LogP contribution in [-0.4, -0.2) is 29.6 Å². The van der Waals surface area contributed by atoms with Crippen LogP contribution in [0.4, 0.5) is 0 Å². The van der Waals surface area contributed by atoms with Gasteiger partial charge in [-0.2, -0.15) is 0 Å². The summed E-state index contributed by atoms with van der Waals surface area (Å²) in [6, 6.07) is 7.58. The highest BCUT2D eigenvalue weighted by atomic mass is 16.5. The Hall–Kier alpha value is -2.04. The van der Waals surface area contributed by atoms with E-state index in [9.17, 15) is 14.7 Å². The summed E-state index contributed by atoms with van der Waals surface area (Å²) in [6.45, 7) is 0.192. The van der Waals surface area contributed by atoms with E-state index >= 15 is 0 Å². The third-order valence-electron chi connectivity index (χ3n) is 4.55. The minimum Gasteiger partial charge on any atom is -0.481 e. The molecule has 2 N–H and O–H groups in total. The fourth-order valence-corrected chi connectivity index (χ4v) is 3.22. The van der Waals surface area contributed by atoms with Crippen molar-refractivity contribution in [1.29, 1.82) is 0 Å². The number of rotatable bonds is 4. The molecule has 1 aromatic rings. The number of ether oxygens (including phenoxy) is 1.